The van der Waals surface area contributed by atoms with Gasteiger partial charge in [-0.2, -0.15) is 0 Å². The number of halogens is 1. The van der Waals surface area contributed by atoms with Crippen LogP contribution in [0.4, 0.5) is 5.69 Å². The number of carbonyl (C=O) groups is 2. The molecule has 0 atom stereocenters. The van der Waals surface area contributed by atoms with Crippen LogP contribution in [0.3, 0.4) is 0 Å². The predicted molar refractivity (Wildman–Crippen MR) is 105 cm³/mol. The second-order valence-electron chi connectivity index (χ2n) is 5.96. The van der Waals surface area contributed by atoms with E-state index in [9.17, 15) is 14.4 Å². The molecule has 1 heterocycles. The summed E-state index contributed by atoms with van der Waals surface area (Å²) in [6.45, 7) is 0.159. The lowest BCUT2D eigenvalue weighted by Crippen LogP contribution is -2.29. The van der Waals surface area contributed by atoms with E-state index in [4.69, 9.17) is 16.8 Å². The first-order chi connectivity index (χ1) is 13.5. The van der Waals surface area contributed by atoms with Gasteiger partial charge in [-0.1, -0.05) is 41.9 Å². The van der Waals surface area contributed by atoms with E-state index in [-0.39, 0.29) is 22.7 Å². The first-order valence-electron chi connectivity index (χ1n) is 8.27. The van der Waals surface area contributed by atoms with Gasteiger partial charge in [-0.25, -0.2) is 5.48 Å². The molecular formula is C20H16ClN3O4. The maximum atomic E-state index is 12.7. The average Bonchev–Trinajstić information content (AvgIpc) is 2.71. The van der Waals surface area contributed by atoms with Crippen molar-refractivity contribution in [1.82, 2.24) is 10.0 Å². The quantitative estimate of drug-likeness (QED) is 0.455. The molecule has 3 N–H and O–H groups in total. The third-order valence-electron chi connectivity index (χ3n) is 4.00. The highest BCUT2D eigenvalue weighted by molar-refractivity contribution is 6.30. The van der Waals surface area contributed by atoms with Gasteiger partial charge in [-0.15, -0.1) is 0 Å². The lowest BCUT2D eigenvalue weighted by Gasteiger charge is -2.10. The Morgan fingerprint density at radius 1 is 1.00 bits per heavy atom. The molecule has 0 aliphatic carbocycles. The van der Waals surface area contributed by atoms with Crippen LogP contribution < -0.4 is 16.4 Å². The summed E-state index contributed by atoms with van der Waals surface area (Å²) in [6.07, 6.45) is 1.44. The molecule has 1 aromatic heterocycles. The van der Waals surface area contributed by atoms with Crippen LogP contribution in [0.25, 0.3) is 0 Å². The second kappa shape index (κ2) is 8.51. The Kier molecular flexibility index (Phi) is 5.88. The van der Waals surface area contributed by atoms with Crippen LogP contribution in [0, 0.1) is 0 Å². The van der Waals surface area contributed by atoms with E-state index in [1.807, 2.05) is 6.07 Å². The van der Waals surface area contributed by atoms with Crippen molar-refractivity contribution in [2.24, 2.45) is 0 Å². The van der Waals surface area contributed by atoms with Crippen molar-refractivity contribution in [3.8, 4) is 0 Å². The maximum absolute atomic E-state index is 12.7. The zero-order valence-electron chi connectivity index (χ0n) is 14.6. The Labute approximate surface area is 165 Å². The molecule has 0 spiro atoms. The molecule has 0 aliphatic heterocycles. The molecule has 2 aromatic carbocycles. The van der Waals surface area contributed by atoms with Gasteiger partial charge in [0.05, 0.1) is 11.6 Å². The van der Waals surface area contributed by atoms with E-state index in [0.717, 1.165) is 0 Å². The maximum Gasteiger partial charge on any atom is 0.274 e. The molecule has 28 heavy (non-hydrogen) atoms. The molecule has 0 bridgehead atoms. The number of hydroxylamine groups is 1. The highest BCUT2D eigenvalue weighted by Gasteiger charge is 2.15. The molecule has 0 radical (unpaired) electrons. The van der Waals surface area contributed by atoms with Crippen molar-refractivity contribution in [3.05, 3.63) is 98.9 Å². The first kappa shape index (κ1) is 19.3. The molecule has 3 rings (SSSR count). The Bertz CT molecular complexity index is 1060. The molecule has 0 saturated heterocycles. The van der Waals surface area contributed by atoms with E-state index in [1.54, 1.807) is 41.9 Å². The van der Waals surface area contributed by atoms with Crippen LogP contribution in [-0.4, -0.2) is 21.6 Å². The fourth-order valence-electron chi connectivity index (χ4n) is 2.62. The number of benzene rings is 2. The van der Waals surface area contributed by atoms with Crippen LogP contribution in [0.5, 0.6) is 0 Å². The summed E-state index contributed by atoms with van der Waals surface area (Å²) < 4.78 is 1.32. The number of aromatic nitrogens is 1. The SMILES string of the molecule is O=C(NO)c1ccc(Cn2cc(Cl)cc(C(=O)Nc3ccccc3)c2=O)cc1. The minimum absolute atomic E-state index is 0.0763. The van der Waals surface area contributed by atoms with Crippen molar-refractivity contribution in [1.29, 1.82) is 0 Å². The Morgan fingerprint density at radius 2 is 1.68 bits per heavy atom. The molecule has 8 heteroatoms. The molecule has 2 amide bonds. The van der Waals surface area contributed by atoms with Crippen LogP contribution in [0.2, 0.25) is 5.02 Å². The van der Waals surface area contributed by atoms with Gasteiger partial charge in [-0.05, 0) is 35.9 Å². The van der Waals surface area contributed by atoms with Crippen molar-refractivity contribution in [3.63, 3.8) is 0 Å². The van der Waals surface area contributed by atoms with E-state index in [0.29, 0.717) is 11.3 Å². The number of nitrogens with one attached hydrogen (secondary N) is 2. The first-order valence-corrected chi connectivity index (χ1v) is 8.65. The number of nitrogens with zero attached hydrogens (tertiary/aromatic N) is 1. The van der Waals surface area contributed by atoms with Gasteiger partial charge >= 0.3 is 0 Å². The number of hydrogen-bond donors (Lipinski definition) is 3. The Hall–Kier alpha value is -3.42. The molecule has 142 valence electrons. The number of para-hydroxylation sites is 1. The molecule has 7 nitrogen and oxygen atoms in total. The van der Waals surface area contributed by atoms with Gasteiger partial charge in [0.1, 0.15) is 5.56 Å². The summed E-state index contributed by atoms with van der Waals surface area (Å²) in [5.41, 5.74) is 2.54. The molecule has 0 aliphatic rings. The monoisotopic (exact) mass is 397 g/mol. The minimum Gasteiger partial charge on any atom is -0.322 e. The lowest BCUT2D eigenvalue weighted by atomic mass is 10.1. The highest BCUT2D eigenvalue weighted by atomic mass is 35.5. The van der Waals surface area contributed by atoms with Crippen molar-refractivity contribution in [2.75, 3.05) is 5.32 Å². The normalized spacial score (nSPS) is 10.4. The summed E-state index contributed by atoms with van der Waals surface area (Å²) >= 11 is 6.10. The van der Waals surface area contributed by atoms with Gasteiger partial charge < -0.3 is 9.88 Å². The van der Waals surface area contributed by atoms with E-state index < -0.39 is 17.4 Å². The smallest absolute Gasteiger partial charge is 0.274 e. The van der Waals surface area contributed by atoms with E-state index in [1.165, 1.54) is 29.0 Å². The number of amides is 2. The van der Waals surface area contributed by atoms with Crippen LogP contribution in [0.15, 0.2) is 71.7 Å². The number of rotatable bonds is 5. The van der Waals surface area contributed by atoms with Crippen molar-refractivity contribution < 1.29 is 14.8 Å². The Morgan fingerprint density at radius 3 is 2.32 bits per heavy atom. The second-order valence-corrected chi connectivity index (χ2v) is 6.40. The largest absolute Gasteiger partial charge is 0.322 e. The Balaban J connectivity index is 1.85. The summed E-state index contributed by atoms with van der Waals surface area (Å²) in [6, 6.07) is 16.4. The fraction of sp³-hybridized carbons (Fsp3) is 0.0500. The van der Waals surface area contributed by atoms with Crippen LogP contribution >= 0.6 is 11.6 Å². The summed E-state index contributed by atoms with van der Waals surface area (Å²) in [4.78, 5) is 36.6. The van der Waals surface area contributed by atoms with Gasteiger partial charge in [-0.3, -0.25) is 19.6 Å². The van der Waals surface area contributed by atoms with Gasteiger partial charge in [0.25, 0.3) is 17.4 Å². The lowest BCUT2D eigenvalue weighted by molar-refractivity contribution is 0.0706. The van der Waals surface area contributed by atoms with Crippen molar-refractivity contribution in [2.45, 2.75) is 6.54 Å². The number of pyridine rings is 1. The molecule has 3 aromatic rings. The standard InChI is InChI=1S/C20H16ClN3O4/c21-15-10-17(19(26)22-16-4-2-1-3-5-16)20(27)24(12-15)11-13-6-8-14(9-7-13)18(25)23-28/h1-10,12,28H,11H2,(H,22,26)(H,23,25). The third-order valence-corrected chi connectivity index (χ3v) is 4.21. The fourth-order valence-corrected chi connectivity index (χ4v) is 2.85. The van der Waals surface area contributed by atoms with Crippen LogP contribution in [0.1, 0.15) is 26.3 Å². The van der Waals surface area contributed by atoms with Crippen LogP contribution in [-0.2, 0) is 6.54 Å². The molecule has 0 unspecified atom stereocenters. The van der Waals surface area contributed by atoms with Crippen molar-refractivity contribution >= 4 is 29.1 Å². The predicted octanol–water partition coefficient (Wildman–Crippen LogP) is 2.92. The zero-order valence-corrected chi connectivity index (χ0v) is 15.3. The third kappa shape index (κ3) is 4.46. The highest BCUT2D eigenvalue weighted by Crippen LogP contribution is 2.13. The summed E-state index contributed by atoms with van der Waals surface area (Å²) in [5, 5.41) is 11.6. The number of hydrogen-bond acceptors (Lipinski definition) is 4. The van der Waals surface area contributed by atoms with E-state index in [2.05, 4.69) is 5.32 Å². The summed E-state index contributed by atoms with van der Waals surface area (Å²) in [5.74, 6) is -1.19. The topological polar surface area (TPSA) is 100 Å². The average molecular weight is 398 g/mol. The number of anilines is 1. The zero-order chi connectivity index (χ0) is 20.1. The minimum atomic E-state index is -0.633. The van der Waals surface area contributed by atoms with Gasteiger partial charge in [0, 0.05) is 17.4 Å². The van der Waals surface area contributed by atoms with Gasteiger partial charge in [0.15, 0.2) is 0 Å². The summed E-state index contributed by atoms with van der Waals surface area (Å²) in [7, 11) is 0. The molecular weight excluding hydrogens is 382 g/mol. The molecule has 0 saturated carbocycles. The molecule has 0 fully saturated rings. The van der Waals surface area contributed by atoms with Gasteiger partial charge in [0.2, 0.25) is 0 Å². The number of carbonyl (C=O) groups excluding carboxylic acids is 2. The van der Waals surface area contributed by atoms with E-state index >= 15 is 0 Å².